The number of aryl methyl sites for hydroxylation is 1. The molecule has 0 aliphatic heterocycles. The normalized spacial score (nSPS) is 23.6. The summed E-state index contributed by atoms with van der Waals surface area (Å²) in [5.74, 6) is -0.959. The average Bonchev–Trinajstić information content (AvgIpc) is 2.89. The van der Waals surface area contributed by atoms with Crippen LogP contribution in [-0.2, 0) is 4.79 Å². The first-order valence-electron chi connectivity index (χ1n) is 4.83. The molecule has 15 heavy (non-hydrogen) atoms. The Kier molecular flexibility index (Phi) is 2.57. The number of carbonyl (C=O) groups is 1. The highest BCUT2D eigenvalue weighted by atomic mass is 35.5. The molecule has 0 aromatic heterocycles. The predicted molar refractivity (Wildman–Crippen MR) is 59.3 cm³/mol. The Morgan fingerprint density at radius 3 is 2.87 bits per heavy atom. The van der Waals surface area contributed by atoms with E-state index in [4.69, 9.17) is 16.7 Å². The van der Waals surface area contributed by atoms with Crippen molar-refractivity contribution in [3.8, 4) is 0 Å². The first-order chi connectivity index (χ1) is 7.08. The summed E-state index contributed by atoms with van der Waals surface area (Å²) < 4.78 is 0. The fourth-order valence-electron chi connectivity index (χ4n) is 1.62. The molecule has 0 amide bonds. The van der Waals surface area contributed by atoms with E-state index in [2.05, 4.69) is 5.32 Å². The number of benzene rings is 1. The summed E-state index contributed by atoms with van der Waals surface area (Å²) in [6.07, 6.45) is 0.706. The zero-order chi connectivity index (χ0) is 11.0. The van der Waals surface area contributed by atoms with Crippen molar-refractivity contribution in [2.75, 3.05) is 5.32 Å². The van der Waals surface area contributed by atoms with Gasteiger partial charge in [0.05, 0.1) is 5.92 Å². The van der Waals surface area contributed by atoms with Gasteiger partial charge in [-0.2, -0.15) is 0 Å². The third-order valence-electron chi connectivity index (χ3n) is 2.64. The number of nitrogens with one attached hydrogen (secondary N) is 1. The predicted octanol–water partition coefficient (Wildman–Crippen LogP) is 2.53. The lowest BCUT2D eigenvalue weighted by molar-refractivity contribution is -0.138. The highest BCUT2D eigenvalue weighted by Crippen LogP contribution is 2.34. The average molecular weight is 226 g/mol. The molecule has 0 saturated heterocycles. The van der Waals surface area contributed by atoms with Gasteiger partial charge in [-0.05, 0) is 37.1 Å². The Balaban J connectivity index is 2.04. The quantitative estimate of drug-likeness (QED) is 0.831. The number of carboxylic acids is 1. The van der Waals surface area contributed by atoms with E-state index in [0.717, 1.165) is 11.3 Å². The first kappa shape index (κ1) is 10.3. The van der Waals surface area contributed by atoms with Gasteiger partial charge in [-0.15, -0.1) is 0 Å². The van der Waals surface area contributed by atoms with Crippen molar-refractivity contribution < 1.29 is 9.90 Å². The summed E-state index contributed by atoms with van der Waals surface area (Å²) in [4.78, 5) is 10.6. The Morgan fingerprint density at radius 2 is 2.33 bits per heavy atom. The van der Waals surface area contributed by atoms with Gasteiger partial charge < -0.3 is 10.4 Å². The van der Waals surface area contributed by atoms with Gasteiger partial charge in [0.1, 0.15) is 0 Å². The van der Waals surface area contributed by atoms with Crippen LogP contribution in [-0.4, -0.2) is 17.1 Å². The number of hydrogen-bond donors (Lipinski definition) is 2. The molecule has 4 heteroatoms. The van der Waals surface area contributed by atoms with E-state index >= 15 is 0 Å². The van der Waals surface area contributed by atoms with Crippen LogP contribution < -0.4 is 5.32 Å². The first-order valence-corrected chi connectivity index (χ1v) is 5.21. The molecule has 3 nitrogen and oxygen atoms in total. The number of aliphatic carboxylic acids is 1. The van der Waals surface area contributed by atoms with E-state index in [9.17, 15) is 4.79 Å². The fraction of sp³-hybridized carbons (Fsp3) is 0.364. The van der Waals surface area contributed by atoms with E-state index in [1.807, 2.05) is 19.1 Å². The lowest BCUT2D eigenvalue weighted by Crippen LogP contribution is -2.10. The lowest BCUT2D eigenvalue weighted by atomic mass is 10.2. The van der Waals surface area contributed by atoms with Crippen LogP contribution >= 0.6 is 11.6 Å². The summed E-state index contributed by atoms with van der Waals surface area (Å²) in [5, 5.41) is 12.7. The van der Waals surface area contributed by atoms with Gasteiger partial charge in [0.15, 0.2) is 0 Å². The monoisotopic (exact) mass is 225 g/mol. The highest BCUT2D eigenvalue weighted by molar-refractivity contribution is 6.30. The minimum Gasteiger partial charge on any atom is -0.481 e. The van der Waals surface area contributed by atoms with Crippen LogP contribution in [0.1, 0.15) is 12.0 Å². The Bertz CT molecular complexity index is 406. The zero-order valence-corrected chi connectivity index (χ0v) is 9.08. The molecular weight excluding hydrogens is 214 g/mol. The molecule has 1 aromatic rings. The molecular formula is C11H12ClNO2. The SMILES string of the molecule is Cc1cc(Cl)ccc1NC1CC1C(=O)O. The van der Waals surface area contributed by atoms with E-state index < -0.39 is 5.97 Å². The van der Waals surface area contributed by atoms with Gasteiger partial charge in [0, 0.05) is 16.8 Å². The molecule has 0 heterocycles. The van der Waals surface area contributed by atoms with E-state index in [0.29, 0.717) is 11.4 Å². The van der Waals surface area contributed by atoms with Crippen molar-refractivity contribution in [2.24, 2.45) is 5.92 Å². The van der Waals surface area contributed by atoms with Crippen molar-refractivity contribution in [2.45, 2.75) is 19.4 Å². The molecule has 2 atom stereocenters. The largest absolute Gasteiger partial charge is 0.481 e. The minimum atomic E-state index is -0.723. The van der Waals surface area contributed by atoms with Gasteiger partial charge in [-0.25, -0.2) is 0 Å². The van der Waals surface area contributed by atoms with Crippen LogP contribution in [0.25, 0.3) is 0 Å². The van der Waals surface area contributed by atoms with Crippen molar-refractivity contribution in [3.05, 3.63) is 28.8 Å². The summed E-state index contributed by atoms with van der Waals surface area (Å²) in [6, 6.07) is 5.62. The standard InChI is InChI=1S/C11H12ClNO2/c1-6-4-7(12)2-3-9(6)13-10-5-8(10)11(14)15/h2-4,8,10,13H,5H2,1H3,(H,14,15). The van der Waals surface area contributed by atoms with Crippen LogP contribution in [0.15, 0.2) is 18.2 Å². The maximum atomic E-state index is 10.6. The Morgan fingerprint density at radius 1 is 1.60 bits per heavy atom. The number of hydrogen-bond acceptors (Lipinski definition) is 2. The van der Waals surface area contributed by atoms with Gasteiger partial charge in [0.25, 0.3) is 0 Å². The second kappa shape index (κ2) is 3.74. The molecule has 1 fully saturated rings. The van der Waals surface area contributed by atoms with Gasteiger partial charge >= 0.3 is 5.97 Å². The summed E-state index contributed by atoms with van der Waals surface area (Å²) in [7, 11) is 0. The number of halogens is 1. The van der Waals surface area contributed by atoms with Crippen LogP contribution in [0.5, 0.6) is 0 Å². The third kappa shape index (κ3) is 2.23. The van der Waals surface area contributed by atoms with Crippen molar-refractivity contribution in [3.63, 3.8) is 0 Å². The number of carboxylic acid groups (broad SMARTS) is 1. The Labute approximate surface area is 93.1 Å². The Hall–Kier alpha value is -1.22. The minimum absolute atomic E-state index is 0.0716. The molecule has 0 spiro atoms. The van der Waals surface area contributed by atoms with E-state index in [-0.39, 0.29) is 12.0 Å². The molecule has 0 bridgehead atoms. The second-order valence-corrected chi connectivity index (χ2v) is 4.33. The second-order valence-electron chi connectivity index (χ2n) is 3.89. The number of anilines is 1. The molecule has 2 unspecified atom stereocenters. The van der Waals surface area contributed by atoms with E-state index in [1.165, 1.54) is 0 Å². The van der Waals surface area contributed by atoms with Gasteiger partial charge in [0.2, 0.25) is 0 Å². The van der Waals surface area contributed by atoms with E-state index in [1.54, 1.807) is 6.07 Å². The number of rotatable bonds is 3. The van der Waals surface area contributed by atoms with Crippen LogP contribution in [0.3, 0.4) is 0 Å². The maximum absolute atomic E-state index is 10.6. The molecule has 80 valence electrons. The molecule has 1 aliphatic carbocycles. The molecule has 2 rings (SSSR count). The van der Waals surface area contributed by atoms with Gasteiger partial charge in [-0.3, -0.25) is 4.79 Å². The third-order valence-corrected chi connectivity index (χ3v) is 2.87. The molecule has 1 saturated carbocycles. The molecule has 0 radical (unpaired) electrons. The summed E-state index contributed by atoms with van der Waals surface area (Å²) >= 11 is 5.83. The van der Waals surface area contributed by atoms with Crippen molar-refractivity contribution >= 4 is 23.3 Å². The van der Waals surface area contributed by atoms with Crippen LogP contribution in [0.4, 0.5) is 5.69 Å². The highest BCUT2D eigenvalue weighted by Gasteiger charge is 2.43. The zero-order valence-electron chi connectivity index (χ0n) is 8.33. The summed E-state index contributed by atoms with van der Waals surface area (Å²) in [6.45, 7) is 1.95. The molecule has 2 N–H and O–H groups in total. The van der Waals surface area contributed by atoms with Crippen LogP contribution in [0.2, 0.25) is 5.02 Å². The van der Waals surface area contributed by atoms with Crippen LogP contribution in [0, 0.1) is 12.8 Å². The fourth-order valence-corrected chi connectivity index (χ4v) is 1.84. The smallest absolute Gasteiger partial charge is 0.308 e. The summed E-state index contributed by atoms with van der Waals surface area (Å²) in [5.41, 5.74) is 2.01. The lowest BCUT2D eigenvalue weighted by Gasteiger charge is -2.08. The molecule has 1 aromatic carbocycles. The van der Waals surface area contributed by atoms with Gasteiger partial charge in [-0.1, -0.05) is 11.6 Å². The van der Waals surface area contributed by atoms with Crippen molar-refractivity contribution in [1.29, 1.82) is 0 Å². The topological polar surface area (TPSA) is 49.3 Å². The maximum Gasteiger partial charge on any atom is 0.308 e. The van der Waals surface area contributed by atoms with Crippen molar-refractivity contribution in [1.82, 2.24) is 0 Å². The molecule has 1 aliphatic rings.